The number of carboxylic acid groups (broad SMARTS) is 1. The first kappa shape index (κ1) is 12.9. The quantitative estimate of drug-likeness (QED) is 0.772. The standard InChI is InChI=1S/C10H15NO4S/c1-10(2,3)15-9(14)11-6-4-7(8(12)13)16-5-6/h4,6H,5H2,1-3H3,(H,11,14)(H,12,13)/t6-/m1/s1. The highest BCUT2D eigenvalue weighted by Crippen LogP contribution is 2.25. The molecule has 0 fully saturated rings. The van der Waals surface area contributed by atoms with Gasteiger partial charge in [0.25, 0.3) is 0 Å². The van der Waals surface area contributed by atoms with E-state index < -0.39 is 17.7 Å². The first-order valence-corrected chi connectivity index (χ1v) is 5.84. The minimum Gasteiger partial charge on any atom is -0.477 e. The zero-order valence-electron chi connectivity index (χ0n) is 9.44. The molecule has 1 aliphatic rings. The molecule has 2 N–H and O–H groups in total. The van der Waals surface area contributed by atoms with Crippen LogP contribution < -0.4 is 5.32 Å². The second-order valence-electron chi connectivity index (χ2n) is 4.40. The SMILES string of the molecule is CC(C)(C)OC(=O)N[C@@H]1C=C(C(=O)O)SC1. The molecular formula is C10H15NO4S. The molecule has 16 heavy (non-hydrogen) atoms. The Bertz CT molecular complexity index is 332. The maximum Gasteiger partial charge on any atom is 0.408 e. The summed E-state index contributed by atoms with van der Waals surface area (Å²) < 4.78 is 5.06. The molecule has 1 atom stereocenters. The fourth-order valence-electron chi connectivity index (χ4n) is 1.13. The van der Waals surface area contributed by atoms with Crippen molar-refractivity contribution in [3.05, 3.63) is 11.0 Å². The smallest absolute Gasteiger partial charge is 0.408 e. The Labute approximate surface area is 98.2 Å². The Morgan fingerprint density at radius 1 is 1.56 bits per heavy atom. The van der Waals surface area contributed by atoms with Crippen molar-refractivity contribution in [2.45, 2.75) is 32.4 Å². The Balaban J connectivity index is 2.45. The Hall–Kier alpha value is -1.17. The number of hydrogen-bond acceptors (Lipinski definition) is 4. The number of ether oxygens (including phenoxy) is 1. The molecule has 0 aliphatic carbocycles. The van der Waals surface area contributed by atoms with E-state index in [0.717, 1.165) is 0 Å². The van der Waals surface area contributed by atoms with Crippen molar-refractivity contribution in [1.29, 1.82) is 0 Å². The molecule has 1 rings (SSSR count). The molecule has 0 aromatic carbocycles. The summed E-state index contributed by atoms with van der Waals surface area (Å²) in [6.07, 6.45) is 0.998. The fourth-order valence-corrected chi connectivity index (χ4v) is 2.06. The van der Waals surface area contributed by atoms with Gasteiger partial charge in [0.15, 0.2) is 0 Å². The van der Waals surface area contributed by atoms with Crippen LogP contribution in [0.3, 0.4) is 0 Å². The zero-order chi connectivity index (χ0) is 12.3. The van der Waals surface area contributed by atoms with Gasteiger partial charge in [-0.1, -0.05) is 0 Å². The van der Waals surface area contributed by atoms with E-state index in [1.807, 2.05) is 0 Å². The van der Waals surface area contributed by atoms with E-state index in [1.54, 1.807) is 20.8 Å². The van der Waals surface area contributed by atoms with E-state index >= 15 is 0 Å². The number of hydrogen-bond donors (Lipinski definition) is 2. The molecule has 0 saturated heterocycles. The molecule has 6 heteroatoms. The van der Waals surface area contributed by atoms with Gasteiger partial charge in [0, 0.05) is 5.75 Å². The van der Waals surface area contributed by atoms with Crippen molar-refractivity contribution in [2.24, 2.45) is 0 Å². The number of carbonyl (C=O) groups is 2. The van der Waals surface area contributed by atoms with Crippen molar-refractivity contribution in [1.82, 2.24) is 5.32 Å². The molecule has 0 unspecified atom stereocenters. The van der Waals surface area contributed by atoms with Gasteiger partial charge in [0.1, 0.15) is 5.60 Å². The predicted molar refractivity (Wildman–Crippen MR) is 61.3 cm³/mol. The number of rotatable bonds is 2. The van der Waals surface area contributed by atoms with Crippen LogP contribution in [0, 0.1) is 0 Å². The second kappa shape index (κ2) is 4.78. The van der Waals surface area contributed by atoms with Crippen LogP contribution in [0.25, 0.3) is 0 Å². The van der Waals surface area contributed by atoms with E-state index in [9.17, 15) is 9.59 Å². The maximum absolute atomic E-state index is 11.4. The lowest BCUT2D eigenvalue weighted by Crippen LogP contribution is -2.38. The maximum atomic E-state index is 11.4. The minimum absolute atomic E-state index is 0.265. The summed E-state index contributed by atoms with van der Waals surface area (Å²) in [6.45, 7) is 5.32. The summed E-state index contributed by atoms with van der Waals surface area (Å²) >= 11 is 1.21. The van der Waals surface area contributed by atoms with Crippen LogP contribution in [0.15, 0.2) is 11.0 Å². The molecule has 1 aliphatic heterocycles. The number of aliphatic carboxylic acids is 1. The summed E-state index contributed by atoms with van der Waals surface area (Å²) in [4.78, 5) is 22.3. The highest BCUT2D eigenvalue weighted by molar-refractivity contribution is 8.04. The highest BCUT2D eigenvalue weighted by atomic mass is 32.2. The van der Waals surface area contributed by atoms with Crippen LogP contribution in [0.4, 0.5) is 4.79 Å². The van der Waals surface area contributed by atoms with Gasteiger partial charge in [-0.15, -0.1) is 11.8 Å². The summed E-state index contributed by atoms with van der Waals surface area (Å²) in [7, 11) is 0. The van der Waals surface area contributed by atoms with Crippen LogP contribution in [0.1, 0.15) is 20.8 Å². The molecule has 0 aromatic rings. The minimum atomic E-state index is -0.960. The number of carbonyl (C=O) groups excluding carboxylic acids is 1. The van der Waals surface area contributed by atoms with E-state index in [1.165, 1.54) is 17.8 Å². The third-order valence-corrected chi connectivity index (χ3v) is 2.83. The van der Waals surface area contributed by atoms with Gasteiger partial charge in [0.2, 0.25) is 0 Å². The Morgan fingerprint density at radius 3 is 2.62 bits per heavy atom. The second-order valence-corrected chi connectivity index (χ2v) is 5.46. The number of thioether (sulfide) groups is 1. The Morgan fingerprint density at radius 2 is 2.19 bits per heavy atom. The van der Waals surface area contributed by atoms with Crippen molar-refractivity contribution >= 4 is 23.8 Å². The predicted octanol–water partition coefficient (Wildman–Crippen LogP) is 1.59. The molecule has 0 bridgehead atoms. The van der Waals surface area contributed by atoms with Crippen LogP contribution in [-0.4, -0.2) is 34.6 Å². The van der Waals surface area contributed by atoms with Gasteiger partial charge in [-0.05, 0) is 26.8 Å². The van der Waals surface area contributed by atoms with E-state index in [0.29, 0.717) is 5.75 Å². The van der Waals surface area contributed by atoms with Crippen LogP contribution in [-0.2, 0) is 9.53 Å². The summed E-state index contributed by atoms with van der Waals surface area (Å²) in [6, 6.07) is -0.272. The lowest BCUT2D eigenvalue weighted by atomic mass is 10.2. The third-order valence-electron chi connectivity index (χ3n) is 1.68. The van der Waals surface area contributed by atoms with Crippen LogP contribution in [0.5, 0.6) is 0 Å². The highest BCUT2D eigenvalue weighted by Gasteiger charge is 2.24. The number of carboxylic acids is 1. The molecule has 0 spiro atoms. The average molecular weight is 245 g/mol. The number of nitrogens with one attached hydrogen (secondary N) is 1. The molecule has 0 saturated carbocycles. The first-order valence-electron chi connectivity index (χ1n) is 4.85. The number of alkyl carbamates (subject to hydrolysis) is 1. The molecular weight excluding hydrogens is 230 g/mol. The molecule has 1 amide bonds. The zero-order valence-corrected chi connectivity index (χ0v) is 10.3. The van der Waals surface area contributed by atoms with Gasteiger partial charge in [-0.2, -0.15) is 0 Å². The molecule has 0 radical (unpaired) electrons. The van der Waals surface area contributed by atoms with Crippen molar-refractivity contribution < 1.29 is 19.4 Å². The van der Waals surface area contributed by atoms with E-state index in [-0.39, 0.29) is 10.9 Å². The van der Waals surface area contributed by atoms with E-state index in [4.69, 9.17) is 9.84 Å². The van der Waals surface area contributed by atoms with Gasteiger partial charge in [-0.25, -0.2) is 9.59 Å². The molecule has 90 valence electrons. The van der Waals surface area contributed by atoms with Gasteiger partial charge in [0.05, 0.1) is 10.9 Å². The van der Waals surface area contributed by atoms with Gasteiger partial charge in [-0.3, -0.25) is 0 Å². The van der Waals surface area contributed by atoms with Crippen LogP contribution >= 0.6 is 11.8 Å². The molecule has 0 aromatic heterocycles. The summed E-state index contributed by atoms with van der Waals surface area (Å²) in [5, 5.41) is 11.3. The van der Waals surface area contributed by atoms with Crippen molar-refractivity contribution in [2.75, 3.05) is 5.75 Å². The Kier molecular flexibility index (Phi) is 3.85. The van der Waals surface area contributed by atoms with Crippen molar-refractivity contribution in [3.63, 3.8) is 0 Å². The monoisotopic (exact) mass is 245 g/mol. The topological polar surface area (TPSA) is 75.6 Å². The molecule has 1 heterocycles. The van der Waals surface area contributed by atoms with Gasteiger partial charge < -0.3 is 15.2 Å². The first-order chi connectivity index (χ1) is 7.28. The normalized spacial score (nSPS) is 20.2. The van der Waals surface area contributed by atoms with E-state index in [2.05, 4.69) is 5.32 Å². The summed E-state index contributed by atoms with van der Waals surface area (Å²) in [5.74, 6) is -0.431. The van der Waals surface area contributed by atoms with Crippen molar-refractivity contribution in [3.8, 4) is 0 Å². The molecule has 5 nitrogen and oxygen atoms in total. The summed E-state index contributed by atoms with van der Waals surface area (Å²) in [5.41, 5.74) is -0.546. The largest absolute Gasteiger partial charge is 0.477 e. The lowest BCUT2D eigenvalue weighted by Gasteiger charge is -2.21. The number of amides is 1. The van der Waals surface area contributed by atoms with Crippen LogP contribution in [0.2, 0.25) is 0 Å². The average Bonchev–Trinajstić information content (AvgIpc) is 2.48. The fraction of sp³-hybridized carbons (Fsp3) is 0.600. The third kappa shape index (κ3) is 4.14. The lowest BCUT2D eigenvalue weighted by molar-refractivity contribution is -0.131. The van der Waals surface area contributed by atoms with Gasteiger partial charge >= 0.3 is 12.1 Å².